The number of halogens is 2. The third-order valence-electron chi connectivity index (χ3n) is 3.31. The fourth-order valence-corrected chi connectivity index (χ4v) is 2.86. The second-order valence-corrected chi connectivity index (χ2v) is 5.73. The van der Waals surface area contributed by atoms with Crippen molar-refractivity contribution in [1.82, 2.24) is 0 Å². The summed E-state index contributed by atoms with van der Waals surface area (Å²) in [5.74, 6) is -0.257. The minimum atomic E-state index is -0.351. The number of benzene rings is 2. The Morgan fingerprint density at radius 3 is 2.63 bits per heavy atom. The first-order chi connectivity index (χ1) is 8.99. The van der Waals surface area contributed by atoms with Crippen molar-refractivity contribution in [3.63, 3.8) is 0 Å². The average Bonchev–Trinajstić information content (AvgIpc) is 2.33. The van der Waals surface area contributed by atoms with Gasteiger partial charge in [0.15, 0.2) is 0 Å². The standard InChI is InChI=1S/C16H17BrFN/c1-10-6-7-11(2)12(8-10)9-15(19)16-13(17)4-3-5-14(16)18/h3-8,15H,9,19H2,1-2H3. The van der Waals surface area contributed by atoms with Crippen molar-refractivity contribution in [3.05, 3.63) is 68.9 Å². The zero-order chi connectivity index (χ0) is 14.0. The molecule has 0 aromatic heterocycles. The molecule has 0 aliphatic rings. The molecule has 0 bridgehead atoms. The minimum Gasteiger partial charge on any atom is -0.324 e. The van der Waals surface area contributed by atoms with E-state index in [2.05, 4.69) is 41.1 Å². The Bertz CT molecular complexity index is 575. The van der Waals surface area contributed by atoms with Gasteiger partial charge in [-0.1, -0.05) is 45.8 Å². The van der Waals surface area contributed by atoms with Crippen molar-refractivity contribution in [2.45, 2.75) is 26.3 Å². The van der Waals surface area contributed by atoms with Crippen LogP contribution in [0.25, 0.3) is 0 Å². The van der Waals surface area contributed by atoms with Crippen molar-refractivity contribution < 1.29 is 4.39 Å². The maximum atomic E-state index is 13.9. The van der Waals surface area contributed by atoms with E-state index in [1.807, 2.05) is 13.0 Å². The Morgan fingerprint density at radius 1 is 1.21 bits per heavy atom. The van der Waals surface area contributed by atoms with Crippen molar-refractivity contribution >= 4 is 15.9 Å². The van der Waals surface area contributed by atoms with Gasteiger partial charge >= 0.3 is 0 Å². The van der Waals surface area contributed by atoms with Crippen LogP contribution in [-0.4, -0.2) is 0 Å². The zero-order valence-electron chi connectivity index (χ0n) is 11.1. The lowest BCUT2D eigenvalue weighted by atomic mass is 9.95. The predicted molar refractivity (Wildman–Crippen MR) is 80.6 cm³/mol. The molecule has 0 radical (unpaired) electrons. The van der Waals surface area contributed by atoms with E-state index in [1.165, 1.54) is 22.8 Å². The zero-order valence-corrected chi connectivity index (χ0v) is 12.7. The first-order valence-electron chi connectivity index (χ1n) is 6.24. The lowest BCUT2D eigenvalue weighted by Gasteiger charge is -2.16. The van der Waals surface area contributed by atoms with Crippen molar-refractivity contribution in [3.8, 4) is 0 Å². The van der Waals surface area contributed by atoms with Gasteiger partial charge in [-0.2, -0.15) is 0 Å². The van der Waals surface area contributed by atoms with Gasteiger partial charge in [-0.05, 0) is 43.5 Å². The van der Waals surface area contributed by atoms with E-state index in [1.54, 1.807) is 6.07 Å². The molecule has 0 heterocycles. The molecule has 2 rings (SSSR count). The largest absolute Gasteiger partial charge is 0.324 e. The summed E-state index contributed by atoms with van der Waals surface area (Å²) in [6, 6.07) is 10.9. The Kier molecular flexibility index (Phi) is 4.38. The molecular weight excluding hydrogens is 305 g/mol. The van der Waals surface area contributed by atoms with Crippen LogP contribution < -0.4 is 5.73 Å². The summed E-state index contributed by atoms with van der Waals surface area (Å²) in [4.78, 5) is 0. The smallest absolute Gasteiger partial charge is 0.129 e. The fraction of sp³-hybridized carbons (Fsp3) is 0.250. The van der Waals surface area contributed by atoms with Gasteiger partial charge in [-0.3, -0.25) is 0 Å². The summed E-state index contributed by atoms with van der Waals surface area (Å²) in [5, 5.41) is 0. The van der Waals surface area contributed by atoms with Crippen LogP contribution in [0.15, 0.2) is 40.9 Å². The van der Waals surface area contributed by atoms with Crippen LogP contribution in [0.4, 0.5) is 4.39 Å². The van der Waals surface area contributed by atoms with E-state index >= 15 is 0 Å². The van der Waals surface area contributed by atoms with Gasteiger partial charge in [0.2, 0.25) is 0 Å². The highest BCUT2D eigenvalue weighted by molar-refractivity contribution is 9.10. The maximum absolute atomic E-state index is 13.9. The quantitative estimate of drug-likeness (QED) is 0.888. The van der Waals surface area contributed by atoms with Crippen LogP contribution in [0, 0.1) is 19.7 Å². The number of rotatable bonds is 3. The molecule has 3 heteroatoms. The second kappa shape index (κ2) is 5.85. The highest BCUT2D eigenvalue weighted by atomic mass is 79.9. The van der Waals surface area contributed by atoms with Crippen LogP contribution in [0.1, 0.15) is 28.3 Å². The van der Waals surface area contributed by atoms with E-state index in [-0.39, 0.29) is 11.9 Å². The van der Waals surface area contributed by atoms with Crippen LogP contribution >= 0.6 is 15.9 Å². The summed E-state index contributed by atoms with van der Waals surface area (Å²) < 4.78 is 14.6. The first-order valence-corrected chi connectivity index (χ1v) is 7.04. The molecule has 0 aliphatic carbocycles. The third kappa shape index (κ3) is 3.23. The number of aryl methyl sites for hydroxylation is 2. The third-order valence-corrected chi connectivity index (χ3v) is 4.01. The molecule has 100 valence electrons. The normalized spacial score (nSPS) is 12.5. The van der Waals surface area contributed by atoms with Gasteiger partial charge in [0, 0.05) is 16.1 Å². The summed E-state index contributed by atoms with van der Waals surface area (Å²) in [6.45, 7) is 4.10. The molecule has 0 aliphatic heterocycles. The summed E-state index contributed by atoms with van der Waals surface area (Å²) in [7, 11) is 0. The molecule has 19 heavy (non-hydrogen) atoms. The summed E-state index contributed by atoms with van der Waals surface area (Å²) >= 11 is 3.37. The molecule has 0 amide bonds. The van der Waals surface area contributed by atoms with Crippen LogP contribution in [0.5, 0.6) is 0 Å². The Balaban J connectivity index is 2.31. The van der Waals surface area contributed by atoms with E-state index in [0.29, 0.717) is 12.0 Å². The molecular formula is C16H17BrFN. The van der Waals surface area contributed by atoms with Gasteiger partial charge in [0.05, 0.1) is 0 Å². The molecule has 1 nitrogen and oxygen atoms in total. The highest BCUT2D eigenvalue weighted by Crippen LogP contribution is 2.28. The molecule has 0 fully saturated rings. The molecule has 2 aromatic carbocycles. The SMILES string of the molecule is Cc1ccc(C)c(CC(N)c2c(F)cccc2Br)c1. The predicted octanol–water partition coefficient (Wildman–Crippen LogP) is 4.45. The molecule has 2 aromatic rings. The number of hydrogen-bond donors (Lipinski definition) is 1. The van der Waals surface area contributed by atoms with Crippen LogP contribution in [0.3, 0.4) is 0 Å². The average molecular weight is 322 g/mol. The van der Waals surface area contributed by atoms with Gasteiger partial charge in [0.25, 0.3) is 0 Å². The van der Waals surface area contributed by atoms with Crippen molar-refractivity contribution in [1.29, 1.82) is 0 Å². The maximum Gasteiger partial charge on any atom is 0.129 e. The lowest BCUT2D eigenvalue weighted by Crippen LogP contribution is -2.16. The topological polar surface area (TPSA) is 26.0 Å². The number of nitrogens with two attached hydrogens (primary N) is 1. The molecule has 0 saturated carbocycles. The van der Waals surface area contributed by atoms with Crippen molar-refractivity contribution in [2.24, 2.45) is 5.73 Å². The highest BCUT2D eigenvalue weighted by Gasteiger charge is 2.16. The lowest BCUT2D eigenvalue weighted by molar-refractivity contribution is 0.577. The van der Waals surface area contributed by atoms with E-state index in [9.17, 15) is 4.39 Å². The molecule has 1 atom stereocenters. The Morgan fingerprint density at radius 2 is 1.95 bits per heavy atom. The Labute approximate surface area is 121 Å². The summed E-state index contributed by atoms with van der Waals surface area (Å²) in [5.41, 5.74) is 10.3. The van der Waals surface area contributed by atoms with Gasteiger partial charge in [-0.25, -0.2) is 4.39 Å². The molecule has 0 saturated heterocycles. The van der Waals surface area contributed by atoms with E-state index < -0.39 is 0 Å². The van der Waals surface area contributed by atoms with Crippen LogP contribution in [0.2, 0.25) is 0 Å². The van der Waals surface area contributed by atoms with Gasteiger partial charge in [-0.15, -0.1) is 0 Å². The van der Waals surface area contributed by atoms with Gasteiger partial charge in [0.1, 0.15) is 5.82 Å². The first kappa shape index (κ1) is 14.2. The molecule has 2 N–H and O–H groups in total. The van der Waals surface area contributed by atoms with Crippen LogP contribution in [-0.2, 0) is 6.42 Å². The minimum absolute atomic E-state index is 0.257. The van der Waals surface area contributed by atoms with Crippen molar-refractivity contribution in [2.75, 3.05) is 0 Å². The van der Waals surface area contributed by atoms with E-state index in [0.717, 1.165) is 4.47 Å². The number of hydrogen-bond acceptors (Lipinski definition) is 1. The summed E-state index contributed by atoms with van der Waals surface area (Å²) in [6.07, 6.45) is 0.632. The Hall–Kier alpha value is -1.19. The monoisotopic (exact) mass is 321 g/mol. The molecule has 0 spiro atoms. The molecule has 1 unspecified atom stereocenters. The fourth-order valence-electron chi connectivity index (χ4n) is 2.22. The second-order valence-electron chi connectivity index (χ2n) is 4.88. The van der Waals surface area contributed by atoms with E-state index in [4.69, 9.17) is 5.73 Å². The van der Waals surface area contributed by atoms with Gasteiger partial charge < -0.3 is 5.73 Å².